The van der Waals surface area contributed by atoms with Gasteiger partial charge in [-0.25, -0.2) is 4.39 Å². The Labute approximate surface area is 140 Å². The zero-order valence-corrected chi connectivity index (χ0v) is 13.4. The zero-order valence-electron chi connectivity index (χ0n) is 11.2. The molecule has 0 aliphatic rings. The summed E-state index contributed by atoms with van der Waals surface area (Å²) in [7, 11) is 0. The number of rotatable bonds is 5. The number of ether oxygens (including phenoxy) is 1. The molecule has 1 aromatic rings. The van der Waals surface area contributed by atoms with Crippen molar-refractivity contribution < 1.29 is 40.3 Å². The van der Waals surface area contributed by atoms with Gasteiger partial charge in [-0.15, -0.1) is 0 Å². The zero-order chi connectivity index (χ0) is 17.9. The summed E-state index contributed by atoms with van der Waals surface area (Å²) < 4.78 is 90.7. The summed E-state index contributed by atoms with van der Waals surface area (Å²) in [6.45, 7) is -0.337. The van der Waals surface area contributed by atoms with Crippen molar-refractivity contribution >= 4 is 28.6 Å². The van der Waals surface area contributed by atoms with E-state index in [1.165, 1.54) is 0 Å². The Hall–Kier alpha value is -1.07. The molecule has 1 unspecified atom stereocenters. The molecule has 0 aromatic heterocycles. The van der Waals surface area contributed by atoms with Crippen molar-refractivity contribution in [2.24, 2.45) is 0 Å². The Morgan fingerprint density at radius 1 is 1.00 bits per heavy atom. The van der Waals surface area contributed by atoms with Gasteiger partial charge < -0.3 is 4.74 Å². The van der Waals surface area contributed by atoms with Gasteiger partial charge in [-0.2, -0.15) is 26.3 Å². The number of halogens is 8. The number of hydrogen-bond acceptors (Lipinski definition) is 2. The Kier molecular flexibility index (Phi) is 6.27. The van der Waals surface area contributed by atoms with Gasteiger partial charge >= 0.3 is 24.0 Å². The van der Waals surface area contributed by atoms with Crippen LogP contribution in [-0.4, -0.2) is 27.9 Å². The first-order valence-electron chi connectivity index (χ1n) is 6.05. The van der Waals surface area contributed by atoms with E-state index in [1.54, 1.807) is 30.3 Å². The molecule has 0 amide bonds. The van der Waals surface area contributed by atoms with Crippen molar-refractivity contribution in [1.82, 2.24) is 0 Å². The lowest BCUT2D eigenvalue weighted by Crippen LogP contribution is -2.55. The lowest BCUT2D eigenvalue weighted by molar-refractivity contribution is -0.342. The van der Waals surface area contributed by atoms with Crippen LogP contribution in [0, 0.1) is 0 Å². The summed E-state index contributed by atoms with van der Waals surface area (Å²) >= 11 is 1.00. The van der Waals surface area contributed by atoms with Crippen LogP contribution in [-0.2, 0) is 16.1 Å². The lowest BCUT2D eigenvalue weighted by atomic mass is 9.98. The average Bonchev–Trinajstić information content (AvgIpc) is 2.43. The molecule has 10 heteroatoms. The van der Waals surface area contributed by atoms with Crippen LogP contribution in [0.4, 0.5) is 30.7 Å². The molecule has 1 aromatic carbocycles. The Morgan fingerprint density at radius 3 is 1.91 bits per heavy atom. The molecule has 0 aliphatic carbocycles. The van der Waals surface area contributed by atoms with E-state index in [2.05, 4.69) is 4.74 Å². The molecular weight excluding hydrogens is 448 g/mol. The maximum Gasteiger partial charge on any atom is 0.431 e. The summed E-state index contributed by atoms with van der Waals surface area (Å²) in [4.78, 5) is 11.5. The van der Waals surface area contributed by atoms with Gasteiger partial charge in [0.1, 0.15) is 10.5 Å². The van der Waals surface area contributed by atoms with Crippen LogP contribution >= 0.6 is 22.6 Å². The molecule has 0 radical (unpaired) electrons. The van der Waals surface area contributed by atoms with Gasteiger partial charge in [0.05, 0.1) is 0 Å². The fraction of sp³-hybridized carbons (Fsp3) is 0.462. The Balaban J connectivity index is 2.75. The number of esters is 1. The maximum atomic E-state index is 13.5. The predicted molar refractivity (Wildman–Crippen MR) is 74.6 cm³/mol. The summed E-state index contributed by atoms with van der Waals surface area (Å²) in [5.74, 6) is -1.36. The highest BCUT2D eigenvalue weighted by Crippen LogP contribution is 2.49. The number of carbonyl (C=O) groups is 1. The predicted octanol–water partition coefficient (Wildman–Crippen LogP) is 4.76. The quantitative estimate of drug-likeness (QED) is 0.276. The van der Waals surface area contributed by atoms with E-state index in [9.17, 15) is 35.5 Å². The van der Waals surface area contributed by atoms with Gasteiger partial charge in [-0.05, 0) is 5.56 Å². The van der Waals surface area contributed by atoms with Crippen LogP contribution in [0.15, 0.2) is 30.3 Å². The molecule has 0 heterocycles. The van der Waals surface area contributed by atoms with Crippen LogP contribution in [0.1, 0.15) is 12.0 Å². The fourth-order valence-electron chi connectivity index (χ4n) is 1.54. The van der Waals surface area contributed by atoms with Gasteiger partial charge in [-0.1, -0.05) is 52.9 Å². The van der Waals surface area contributed by atoms with Crippen molar-refractivity contribution in [2.45, 2.75) is 35.0 Å². The highest BCUT2D eigenvalue weighted by atomic mass is 127. The highest BCUT2D eigenvalue weighted by molar-refractivity contribution is 14.1. The van der Waals surface area contributed by atoms with Crippen LogP contribution in [0.25, 0.3) is 0 Å². The molecule has 0 saturated carbocycles. The molecule has 1 rings (SSSR count). The van der Waals surface area contributed by atoms with Gasteiger partial charge in [-0.3, -0.25) is 4.79 Å². The van der Waals surface area contributed by atoms with Crippen molar-refractivity contribution in [3.8, 4) is 0 Å². The van der Waals surface area contributed by atoms with Gasteiger partial charge in [0.2, 0.25) is 0 Å². The SMILES string of the molecule is O=C(OCc1ccccc1)C(I)CC(F)(C(F)(F)F)C(F)(F)F. The summed E-state index contributed by atoms with van der Waals surface area (Å²) in [6.07, 6.45) is -14.5. The molecule has 0 aliphatic heterocycles. The topological polar surface area (TPSA) is 26.3 Å². The van der Waals surface area contributed by atoms with E-state index in [0.29, 0.717) is 5.56 Å². The molecule has 2 nitrogen and oxygen atoms in total. The van der Waals surface area contributed by atoms with Gasteiger partial charge in [0, 0.05) is 6.42 Å². The number of hydrogen-bond donors (Lipinski definition) is 0. The molecule has 0 N–H and O–H groups in total. The van der Waals surface area contributed by atoms with Gasteiger partial charge in [0.15, 0.2) is 0 Å². The van der Waals surface area contributed by atoms with Crippen LogP contribution < -0.4 is 0 Å². The van der Waals surface area contributed by atoms with Crippen LogP contribution in [0.2, 0.25) is 0 Å². The van der Waals surface area contributed by atoms with E-state index in [1.807, 2.05) is 0 Å². The summed E-state index contributed by atoms with van der Waals surface area (Å²) in [6, 6.07) is 7.95. The number of alkyl halides is 8. The fourth-order valence-corrected chi connectivity index (χ4v) is 2.33. The monoisotopic (exact) mass is 458 g/mol. The Bertz CT molecular complexity index is 513. The average molecular weight is 458 g/mol. The first-order valence-corrected chi connectivity index (χ1v) is 7.30. The third-order valence-corrected chi connectivity index (χ3v) is 3.79. The summed E-state index contributed by atoms with van der Waals surface area (Å²) in [5, 5.41) is 0. The maximum absolute atomic E-state index is 13.5. The minimum atomic E-state index is -6.19. The van der Waals surface area contributed by atoms with Crippen LogP contribution in [0.5, 0.6) is 0 Å². The Morgan fingerprint density at radius 2 is 1.48 bits per heavy atom. The largest absolute Gasteiger partial charge is 0.460 e. The van der Waals surface area contributed by atoms with Gasteiger partial charge in [0.25, 0.3) is 0 Å². The third kappa shape index (κ3) is 4.95. The van der Waals surface area contributed by atoms with E-state index in [4.69, 9.17) is 0 Å². The third-order valence-electron chi connectivity index (χ3n) is 2.84. The molecule has 0 saturated heterocycles. The van der Waals surface area contributed by atoms with Crippen LogP contribution in [0.3, 0.4) is 0 Å². The first-order chi connectivity index (χ1) is 10.4. The molecule has 0 bridgehead atoms. The number of carbonyl (C=O) groups excluding carboxylic acids is 1. The normalized spacial score (nSPS) is 14.4. The van der Waals surface area contributed by atoms with E-state index in [-0.39, 0.29) is 6.61 Å². The summed E-state index contributed by atoms with van der Waals surface area (Å²) in [5.41, 5.74) is -4.99. The first kappa shape index (κ1) is 20.0. The molecular formula is C13H10F7IO2. The molecule has 130 valence electrons. The second-order valence-electron chi connectivity index (χ2n) is 4.56. The highest BCUT2D eigenvalue weighted by Gasteiger charge is 2.72. The van der Waals surface area contributed by atoms with E-state index >= 15 is 0 Å². The van der Waals surface area contributed by atoms with Crippen molar-refractivity contribution in [3.05, 3.63) is 35.9 Å². The van der Waals surface area contributed by atoms with E-state index in [0.717, 1.165) is 22.6 Å². The smallest absolute Gasteiger partial charge is 0.431 e. The van der Waals surface area contributed by atoms with Crippen molar-refractivity contribution in [1.29, 1.82) is 0 Å². The molecule has 1 atom stereocenters. The lowest BCUT2D eigenvalue weighted by Gasteiger charge is -2.31. The second-order valence-corrected chi connectivity index (χ2v) is 6.07. The number of benzene rings is 1. The second kappa shape index (κ2) is 7.22. The standard InChI is InChI=1S/C13H10F7IO2/c14-11(12(15,16)17,13(18,19)20)6-9(21)10(22)23-7-8-4-2-1-3-5-8/h1-5,9H,6-7H2. The minimum absolute atomic E-state index is 0.337. The molecule has 0 fully saturated rings. The van der Waals surface area contributed by atoms with Crippen molar-refractivity contribution in [2.75, 3.05) is 0 Å². The molecule has 23 heavy (non-hydrogen) atoms. The minimum Gasteiger partial charge on any atom is -0.460 e. The molecule has 0 spiro atoms. The van der Waals surface area contributed by atoms with E-state index < -0.39 is 34.3 Å². The van der Waals surface area contributed by atoms with Crippen molar-refractivity contribution in [3.63, 3.8) is 0 Å².